The second kappa shape index (κ2) is 7.89. The van der Waals surface area contributed by atoms with Gasteiger partial charge < -0.3 is 10.1 Å². The molecule has 1 amide bonds. The predicted octanol–water partition coefficient (Wildman–Crippen LogP) is 1.02. The Bertz CT molecular complexity index is 665. The average Bonchev–Trinajstić information content (AvgIpc) is 2.79. The number of sulfone groups is 1. The minimum absolute atomic E-state index is 0.00590. The first kappa shape index (κ1) is 18.6. The lowest BCUT2D eigenvalue weighted by Gasteiger charge is -2.18. The number of alkyl halides is 2. The number of hydrogen-bond acceptors (Lipinski definition) is 5. The van der Waals surface area contributed by atoms with Crippen LogP contribution in [0.4, 0.5) is 8.78 Å². The summed E-state index contributed by atoms with van der Waals surface area (Å²) >= 11 is 0. The summed E-state index contributed by atoms with van der Waals surface area (Å²) in [6, 6.07) is 5.87. The zero-order valence-corrected chi connectivity index (χ0v) is 14.1. The molecular weight excluding hydrogens is 342 g/mol. The standard InChI is InChI=1S/C15H20F2N2O4S/c1-19(8-11-2-4-13(5-3-11)23-15(16)17)9-14(20)18-12-6-7-24(21,22)10-12/h2-5,12,15H,6-10H2,1H3,(H,18,20). The van der Waals surface area contributed by atoms with Crippen LogP contribution in [0.3, 0.4) is 0 Å². The number of nitrogens with one attached hydrogen (secondary N) is 1. The zero-order valence-electron chi connectivity index (χ0n) is 13.2. The lowest BCUT2D eigenvalue weighted by Crippen LogP contribution is -2.41. The van der Waals surface area contributed by atoms with E-state index in [0.717, 1.165) is 5.56 Å². The number of halogens is 2. The topological polar surface area (TPSA) is 75.7 Å². The van der Waals surface area contributed by atoms with Gasteiger partial charge in [-0.1, -0.05) is 12.1 Å². The summed E-state index contributed by atoms with van der Waals surface area (Å²) in [7, 11) is -1.28. The van der Waals surface area contributed by atoms with Crippen LogP contribution in [0, 0.1) is 0 Å². The van der Waals surface area contributed by atoms with Crippen LogP contribution < -0.4 is 10.1 Å². The lowest BCUT2D eigenvalue weighted by atomic mass is 10.2. The largest absolute Gasteiger partial charge is 0.435 e. The Balaban J connectivity index is 1.78. The van der Waals surface area contributed by atoms with Gasteiger partial charge in [0.25, 0.3) is 0 Å². The third-order valence-corrected chi connectivity index (χ3v) is 5.38. The van der Waals surface area contributed by atoms with Crippen molar-refractivity contribution in [2.24, 2.45) is 0 Å². The molecule has 0 bridgehead atoms. The van der Waals surface area contributed by atoms with Gasteiger partial charge in [0, 0.05) is 12.6 Å². The summed E-state index contributed by atoms with van der Waals surface area (Å²) in [5.74, 6) is -0.0525. The molecule has 1 atom stereocenters. The van der Waals surface area contributed by atoms with E-state index in [2.05, 4.69) is 10.1 Å². The summed E-state index contributed by atoms with van der Waals surface area (Å²) in [6.07, 6.45) is 0.448. The molecule has 0 aromatic heterocycles. The summed E-state index contributed by atoms with van der Waals surface area (Å²) in [5.41, 5.74) is 0.843. The van der Waals surface area contributed by atoms with Crippen LogP contribution in [0.25, 0.3) is 0 Å². The van der Waals surface area contributed by atoms with Crippen LogP contribution in [0.1, 0.15) is 12.0 Å². The molecule has 1 fully saturated rings. The molecule has 24 heavy (non-hydrogen) atoms. The van der Waals surface area contributed by atoms with Crippen molar-refractivity contribution in [3.05, 3.63) is 29.8 Å². The first-order chi connectivity index (χ1) is 11.2. The van der Waals surface area contributed by atoms with Gasteiger partial charge in [0.1, 0.15) is 5.75 Å². The maximum absolute atomic E-state index is 12.1. The van der Waals surface area contributed by atoms with E-state index >= 15 is 0 Å². The highest BCUT2D eigenvalue weighted by atomic mass is 32.2. The van der Waals surface area contributed by atoms with Crippen LogP contribution in [0.2, 0.25) is 0 Å². The van der Waals surface area contributed by atoms with E-state index in [-0.39, 0.29) is 35.7 Å². The molecule has 1 aliphatic rings. The second-order valence-corrected chi connectivity index (χ2v) is 8.09. The van der Waals surface area contributed by atoms with Gasteiger partial charge in [0.2, 0.25) is 5.91 Å². The molecule has 1 heterocycles. The summed E-state index contributed by atoms with van der Waals surface area (Å²) in [6.45, 7) is -2.29. The number of rotatable bonds is 7. The highest BCUT2D eigenvalue weighted by Crippen LogP contribution is 2.16. The molecule has 0 aliphatic carbocycles. The maximum Gasteiger partial charge on any atom is 0.387 e. The summed E-state index contributed by atoms with van der Waals surface area (Å²) in [5, 5.41) is 2.72. The van der Waals surface area contributed by atoms with Crippen molar-refractivity contribution in [1.29, 1.82) is 0 Å². The Kier molecular flexibility index (Phi) is 6.11. The minimum Gasteiger partial charge on any atom is -0.435 e. The van der Waals surface area contributed by atoms with Gasteiger partial charge >= 0.3 is 6.61 Å². The maximum atomic E-state index is 12.1. The van der Waals surface area contributed by atoms with E-state index in [1.54, 1.807) is 24.1 Å². The molecule has 9 heteroatoms. The van der Waals surface area contributed by atoms with Crippen molar-refractivity contribution in [3.63, 3.8) is 0 Å². The van der Waals surface area contributed by atoms with Gasteiger partial charge in [-0.3, -0.25) is 9.69 Å². The van der Waals surface area contributed by atoms with E-state index in [1.807, 2.05) is 0 Å². The molecule has 6 nitrogen and oxygen atoms in total. The van der Waals surface area contributed by atoms with E-state index < -0.39 is 16.4 Å². The minimum atomic E-state index is -3.02. The molecule has 0 saturated carbocycles. The first-order valence-electron chi connectivity index (χ1n) is 7.45. The molecule has 1 aromatic carbocycles. The molecule has 1 aliphatic heterocycles. The monoisotopic (exact) mass is 362 g/mol. The fourth-order valence-electron chi connectivity index (χ4n) is 2.57. The Labute approximate surface area is 139 Å². The molecule has 134 valence electrons. The van der Waals surface area contributed by atoms with Crippen molar-refractivity contribution in [3.8, 4) is 5.75 Å². The van der Waals surface area contributed by atoms with Crippen molar-refractivity contribution in [2.45, 2.75) is 25.6 Å². The summed E-state index contributed by atoms with van der Waals surface area (Å²) in [4.78, 5) is 13.7. The number of nitrogens with zero attached hydrogens (tertiary/aromatic N) is 1. The smallest absolute Gasteiger partial charge is 0.387 e. The van der Waals surface area contributed by atoms with Gasteiger partial charge in [-0.25, -0.2) is 8.42 Å². The van der Waals surface area contributed by atoms with Crippen LogP contribution in [-0.2, 0) is 21.2 Å². The lowest BCUT2D eigenvalue weighted by molar-refractivity contribution is -0.122. The first-order valence-corrected chi connectivity index (χ1v) is 9.28. The number of amides is 1. The molecule has 1 saturated heterocycles. The number of hydrogen-bond donors (Lipinski definition) is 1. The van der Waals surface area contributed by atoms with E-state index in [0.29, 0.717) is 13.0 Å². The van der Waals surface area contributed by atoms with Crippen molar-refractivity contribution < 1.29 is 26.7 Å². The third kappa shape index (κ3) is 6.04. The third-order valence-electron chi connectivity index (χ3n) is 3.61. The number of carbonyl (C=O) groups excluding carboxylic acids is 1. The van der Waals surface area contributed by atoms with Crippen molar-refractivity contribution in [2.75, 3.05) is 25.1 Å². The van der Waals surface area contributed by atoms with Gasteiger partial charge in [-0.2, -0.15) is 8.78 Å². The highest BCUT2D eigenvalue weighted by molar-refractivity contribution is 7.91. The van der Waals surface area contributed by atoms with Gasteiger partial charge in [-0.05, 0) is 31.2 Å². The highest BCUT2D eigenvalue weighted by Gasteiger charge is 2.28. The molecular formula is C15H20F2N2O4S. The Morgan fingerprint density at radius 1 is 1.38 bits per heavy atom. The Morgan fingerprint density at radius 2 is 2.04 bits per heavy atom. The SMILES string of the molecule is CN(CC(=O)NC1CCS(=O)(=O)C1)Cc1ccc(OC(F)F)cc1. The second-order valence-electron chi connectivity index (χ2n) is 5.86. The van der Waals surface area contributed by atoms with Crippen LogP contribution in [-0.4, -0.2) is 57.0 Å². The van der Waals surface area contributed by atoms with E-state index in [4.69, 9.17) is 0 Å². The number of benzene rings is 1. The van der Waals surface area contributed by atoms with E-state index in [1.165, 1.54) is 12.1 Å². The van der Waals surface area contributed by atoms with Crippen molar-refractivity contribution >= 4 is 15.7 Å². The van der Waals surface area contributed by atoms with Crippen molar-refractivity contribution in [1.82, 2.24) is 10.2 Å². The van der Waals surface area contributed by atoms with Crippen LogP contribution >= 0.6 is 0 Å². The number of ether oxygens (including phenoxy) is 1. The molecule has 1 unspecified atom stereocenters. The molecule has 0 radical (unpaired) electrons. The Morgan fingerprint density at radius 3 is 2.58 bits per heavy atom. The average molecular weight is 362 g/mol. The predicted molar refractivity (Wildman–Crippen MR) is 84.6 cm³/mol. The van der Waals surface area contributed by atoms with Gasteiger partial charge in [-0.15, -0.1) is 0 Å². The summed E-state index contributed by atoms with van der Waals surface area (Å²) < 4.78 is 51.1. The molecule has 1 aromatic rings. The van der Waals surface area contributed by atoms with E-state index in [9.17, 15) is 22.0 Å². The normalized spacial score (nSPS) is 19.6. The van der Waals surface area contributed by atoms with Gasteiger partial charge in [0.05, 0.1) is 18.1 Å². The fourth-order valence-corrected chi connectivity index (χ4v) is 4.24. The number of likely N-dealkylation sites (N-methyl/N-ethyl adjacent to an activating group) is 1. The van der Waals surface area contributed by atoms with Gasteiger partial charge in [0.15, 0.2) is 9.84 Å². The fraction of sp³-hybridized carbons (Fsp3) is 0.533. The molecule has 1 N–H and O–H groups in total. The quantitative estimate of drug-likeness (QED) is 0.784. The van der Waals surface area contributed by atoms with Crippen LogP contribution in [0.15, 0.2) is 24.3 Å². The molecule has 0 spiro atoms. The molecule has 2 rings (SSSR count). The number of carbonyl (C=O) groups is 1. The zero-order chi connectivity index (χ0) is 17.7. The van der Waals surface area contributed by atoms with Crippen LogP contribution in [0.5, 0.6) is 5.75 Å². The Hall–Kier alpha value is -1.74.